The molecule has 1 spiro atoms. The fourth-order valence-corrected chi connectivity index (χ4v) is 4.44. The number of ether oxygens (including phenoxy) is 1. The van der Waals surface area contributed by atoms with Gasteiger partial charge in [-0.05, 0) is 87.4 Å². The van der Waals surface area contributed by atoms with Crippen LogP contribution in [0.25, 0.3) is 11.0 Å². The minimum Gasteiger partial charge on any atom is -0.423 e. The Kier molecular flexibility index (Phi) is 4.20. The van der Waals surface area contributed by atoms with Gasteiger partial charge < -0.3 is 9.15 Å². The number of fused-ring (bicyclic) bond motifs is 1. The fourth-order valence-electron chi connectivity index (χ4n) is 4.44. The van der Waals surface area contributed by atoms with E-state index in [2.05, 4.69) is 31.7 Å². The topological polar surface area (TPSA) is 42.7 Å². The monoisotopic (exact) mass is 341 g/mol. The number of hydrogen-bond acceptors (Lipinski definition) is 4. The predicted molar refractivity (Wildman–Crippen MR) is 98.9 cm³/mol. The van der Waals surface area contributed by atoms with Crippen molar-refractivity contribution in [1.82, 2.24) is 4.90 Å². The maximum atomic E-state index is 12.0. The van der Waals surface area contributed by atoms with Crippen molar-refractivity contribution in [3.8, 4) is 0 Å². The summed E-state index contributed by atoms with van der Waals surface area (Å²) in [6, 6.07) is 5.81. The molecule has 2 saturated heterocycles. The number of rotatable bonds is 2. The molecular weight excluding hydrogens is 314 g/mol. The Bertz CT molecular complexity index is 846. The second-order valence-corrected chi connectivity index (χ2v) is 8.13. The molecule has 2 aliphatic rings. The highest BCUT2D eigenvalue weighted by Gasteiger charge is 2.40. The number of piperidine rings is 1. The van der Waals surface area contributed by atoms with Crippen molar-refractivity contribution in [2.24, 2.45) is 5.41 Å². The van der Waals surface area contributed by atoms with Crippen LogP contribution in [0.1, 0.15) is 42.9 Å². The zero-order valence-corrected chi connectivity index (χ0v) is 15.4. The van der Waals surface area contributed by atoms with Crippen LogP contribution in [0.2, 0.25) is 0 Å². The zero-order valence-electron chi connectivity index (χ0n) is 15.4. The summed E-state index contributed by atoms with van der Waals surface area (Å²) < 4.78 is 11.2. The molecule has 3 heterocycles. The van der Waals surface area contributed by atoms with E-state index in [1.54, 1.807) is 6.07 Å². The van der Waals surface area contributed by atoms with Crippen LogP contribution in [0, 0.1) is 19.3 Å². The van der Waals surface area contributed by atoms with Crippen LogP contribution in [-0.2, 0) is 11.3 Å². The Morgan fingerprint density at radius 3 is 2.56 bits per heavy atom. The van der Waals surface area contributed by atoms with E-state index in [-0.39, 0.29) is 5.63 Å². The van der Waals surface area contributed by atoms with Gasteiger partial charge in [-0.2, -0.15) is 0 Å². The van der Waals surface area contributed by atoms with Crippen LogP contribution in [0.3, 0.4) is 0 Å². The van der Waals surface area contributed by atoms with Gasteiger partial charge in [0.05, 0.1) is 12.7 Å². The molecular formula is C21H27NO3. The third-order valence-electron chi connectivity index (χ3n) is 6.15. The summed E-state index contributed by atoms with van der Waals surface area (Å²) in [4.78, 5) is 14.5. The lowest BCUT2D eigenvalue weighted by Crippen LogP contribution is -2.40. The number of aryl methyl sites for hydroxylation is 2. The van der Waals surface area contributed by atoms with E-state index in [1.807, 2.05) is 6.07 Å². The number of benzene rings is 1. The van der Waals surface area contributed by atoms with Crippen LogP contribution >= 0.6 is 0 Å². The first-order chi connectivity index (χ1) is 11.9. The summed E-state index contributed by atoms with van der Waals surface area (Å²) in [6.45, 7) is 10.2. The van der Waals surface area contributed by atoms with Crippen LogP contribution in [0.15, 0.2) is 27.4 Å². The SMILES string of the molecule is Cc1cc2oc(=O)cc(CN3CCC4(CC3)COC(C)C4)c2cc1C. The number of likely N-dealkylation sites (tertiary alicyclic amines) is 1. The summed E-state index contributed by atoms with van der Waals surface area (Å²) in [6.07, 6.45) is 3.97. The number of hydrogen-bond donors (Lipinski definition) is 0. The molecule has 1 atom stereocenters. The van der Waals surface area contributed by atoms with E-state index in [0.29, 0.717) is 17.1 Å². The van der Waals surface area contributed by atoms with E-state index < -0.39 is 0 Å². The van der Waals surface area contributed by atoms with Gasteiger partial charge >= 0.3 is 5.63 Å². The van der Waals surface area contributed by atoms with Gasteiger partial charge in [-0.1, -0.05) is 0 Å². The van der Waals surface area contributed by atoms with Gasteiger partial charge in [0.15, 0.2) is 0 Å². The van der Waals surface area contributed by atoms with Gasteiger partial charge in [-0.15, -0.1) is 0 Å². The molecule has 1 aromatic heterocycles. The Balaban J connectivity index is 1.55. The molecule has 2 aliphatic heterocycles. The summed E-state index contributed by atoms with van der Waals surface area (Å²) in [7, 11) is 0. The summed E-state index contributed by atoms with van der Waals surface area (Å²) in [5.74, 6) is 0. The molecule has 1 aromatic carbocycles. The second-order valence-electron chi connectivity index (χ2n) is 8.13. The summed E-state index contributed by atoms with van der Waals surface area (Å²) in [5.41, 5.74) is 4.32. The Labute approximate surface area is 148 Å². The number of nitrogens with zero attached hydrogens (tertiary/aromatic N) is 1. The molecule has 0 radical (unpaired) electrons. The first kappa shape index (κ1) is 16.8. The molecule has 134 valence electrons. The Morgan fingerprint density at radius 1 is 1.16 bits per heavy atom. The molecule has 0 N–H and O–H groups in total. The predicted octanol–water partition coefficient (Wildman–Crippen LogP) is 3.80. The molecule has 0 saturated carbocycles. The Hall–Kier alpha value is -1.65. The highest BCUT2D eigenvalue weighted by atomic mass is 16.5. The first-order valence-electron chi connectivity index (χ1n) is 9.32. The highest BCUT2D eigenvalue weighted by molar-refractivity contribution is 5.81. The maximum absolute atomic E-state index is 12.0. The van der Waals surface area contributed by atoms with Crippen molar-refractivity contribution in [1.29, 1.82) is 0 Å². The van der Waals surface area contributed by atoms with E-state index in [1.165, 1.54) is 24.8 Å². The quantitative estimate of drug-likeness (QED) is 0.779. The van der Waals surface area contributed by atoms with E-state index in [0.717, 1.165) is 42.8 Å². The lowest BCUT2D eigenvalue weighted by molar-refractivity contribution is 0.0668. The second kappa shape index (κ2) is 6.26. The molecule has 0 bridgehead atoms. The molecule has 4 nitrogen and oxygen atoms in total. The third kappa shape index (κ3) is 3.25. The average Bonchev–Trinajstić information content (AvgIpc) is 2.92. The van der Waals surface area contributed by atoms with Gasteiger partial charge in [0.1, 0.15) is 5.58 Å². The summed E-state index contributed by atoms with van der Waals surface area (Å²) in [5, 5.41) is 1.07. The van der Waals surface area contributed by atoms with Crippen molar-refractivity contribution in [2.75, 3.05) is 19.7 Å². The average molecular weight is 341 g/mol. The van der Waals surface area contributed by atoms with Crippen molar-refractivity contribution < 1.29 is 9.15 Å². The normalized spacial score (nSPS) is 23.6. The van der Waals surface area contributed by atoms with Gasteiger partial charge in [-0.25, -0.2) is 4.79 Å². The smallest absolute Gasteiger partial charge is 0.336 e. The molecule has 25 heavy (non-hydrogen) atoms. The van der Waals surface area contributed by atoms with E-state index >= 15 is 0 Å². The minimum atomic E-state index is -0.253. The molecule has 0 amide bonds. The molecule has 2 fully saturated rings. The van der Waals surface area contributed by atoms with Gasteiger partial charge in [-0.3, -0.25) is 4.90 Å². The van der Waals surface area contributed by atoms with Gasteiger partial charge in [0.25, 0.3) is 0 Å². The van der Waals surface area contributed by atoms with Gasteiger partial charge in [0, 0.05) is 18.0 Å². The minimum absolute atomic E-state index is 0.253. The zero-order chi connectivity index (χ0) is 17.6. The lowest BCUT2D eigenvalue weighted by atomic mass is 9.77. The molecule has 0 aliphatic carbocycles. The van der Waals surface area contributed by atoms with Crippen LogP contribution < -0.4 is 5.63 Å². The maximum Gasteiger partial charge on any atom is 0.336 e. The third-order valence-corrected chi connectivity index (χ3v) is 6.15. The van der Waals surface area contributed by atoms with Crippen molar-refractivity contribution >= 4 is 11.0 Å². The highest BCUT2D eigenvalue weighted by Crippen LogP contribution is 2.42. The molecule has 1 unspecified atom stereocenters. The fraction of sp³-hybridized carbons (Fsp3) is 0.571. The largest absolute Gasteiger partial charge is 0.423 e. The molecule has 2 aromatic rings. The van der Waals surface area contributed by atoms with Crippen molar-refractivity contribution in [2.45, 2.75) is 52.7 Å². The first-order valence-corrected chi connectivity index (χ1v) is 9.32. The van der Waals surface area contributed by atoms with Crippen LogP contribution in [-0.4, -0.2) is 30.7 Å². The van der Waals surface area contributed by atoms with Gasteiger partial charge in [0.2, 0.25) is 0 Å². The standard InChI is InChI=1S/C21H27NO3/c1-14-8-18-17(10-20(23)25-19(18)9-15(14)2)12-22-6-4-21(5-7-22)11-16(3)24-13-21/h8-10,16H,4-7,11-13H2,1-3H3. The Morgan fingerprint density at radius 2 is 1.88 bits per heavy atom. The van der Waals surface area contributed by atoms with Crippen molar-refractivity contribution in [3.05, 3.63) is 45.3 Å². The molecule has 4 heteroatoms. The van der Waals surface area contributed by atoms with Crippen LogP contribution in [0.4, 0.5) is 0 Å². The molecule has 4 rings (SSSR count). The van der Waals surface area contributed by atoms with E-state index in [9.17, 15) is 4.79 Å². The van der Waals surface area contributed by atoms with Crippen molar-refractivity contribution in [3.63, 3.8) is 0 Å². The lowest BCUT2D eigenvalue weighted by Gasteiger charge is -2.38. The summed E-state index contributed by atoms with van der Waals surface area (Å²) >= 11 is 0. The van der Waals surface area contributed by atoms with Crippen LogP contribution in [0.5, 0.6) is 0 Å². The van der Waals surface area contributed by atoms with E-state index in [4.69, 9.17) is 9.15 Å².